The van der Waals surface area contributed by atoms with Gasteiger partial charge in [-0.25, -0.2) is 9.97 Å². The van der Waals surface area contributed by atoms with E-state index in [1.807, 2.05) is 30.5 Å². The second kappa shape index (κ2) is 8.82. The molecule has 2 N–H and O–H groups in total. The highest BCUT2D eigenvalue weighted by molar-refractivity contribution is 7.13. The summed E-state index contributed by atoms with van der Waals surface area (Å²) in [6, 6.07) is 17.5. The summed E-state index contributed by atoms with van der Waals surface area (Å²) in [5.74, 6) is 1.55. The first-order chi connectivity index (χ1) is 14.7. The molecule has 30 heavy (non-hydrogen) atoms. The Morgan fingerprint density at radius 2 is 1.93 bits per heavy atom. The fraction of sp³-hybridized carbons (Fsp3) is 0.130. The minimum Gasteiger partial charge on any atom is -0.438 e. The number of ether oxygens (including phenoxy) is 1. The van der Waals surface area contributed by atoms with Crippen molar-refractivity contribution in [2.75, 3.05) is 6.54 Å². The van der Waals surface area contributed by atoms with Crippen LogP contribution >= 0.6 is 11.3 Å². The lowest BCUT2D eigenvalue weighted by atomic mass is 10.0. The topological polar surface area (TPSA) is 97.7 Å². The standard InChI is InChI=1S/C23H19N5OS/c1-15-27-20(23-26-10-11-30-23)13-22(28-15)29-21-12-17(14-25)4-7-19(21)18-5-2-16(3-6-18)8-9-24/h2-7,10-13H,8-9,24H2,1H3. The van der Waals surface area contributed by atoms with Crippen molar-refractivity contribution in [3.05, 3.63) is 77.1 Å². The van der Waals surface area contributed by atoms with Crippen LogP contribution in [0.1, 0.15) is 17.0 Å². The highest BCUT2D eigenvalue weighted by Gasteiger charge is 2.13. The third-order valence-corrected chi connectivity index (χ3v) is 5.28. The Kier molecular flexibility index (Phi) is 5.80. The van der Waals surface area contributed by atoms with Crippen LogP contribution in [0.3, 0.4) is 0 Å². The van der Waals surface area contributed by atoms with E-state index in [1.54, 1.807) is 24.4 Å². The molecule has 148 valence electrons. The molecule has 2 heterocycles. The van der Waals surface area contributed by atoms with E-state index in [-0.39, 0.29) is 0 Å². The number of rotatable bonds is 6. The molecule has 7 heteroatoms. The lowest BCUT2D eigenvalue weighted by molar-refractivity contribution is 0.461. The molecule has 4 rings (SSSR count). The lowest BCUT2D eigenvalue weighted by Gasteiger charge is -2.13. The molecule has 0 unspecified atom stereocenters. The van der Waals surface area contributed by atoms with Gasteiger partial charge < -0.3 is 10.5 Å². The van der Waals surface area contributed by atoms with Gasteiger partial charge in [0.15, 0.2) is 0 Å². The molecular formula is C23H19N5OS. The summed E-state index contributed by atoms with van der Waals surface area (Å²) in [6.45, 7) is 2.42. The average molecular weight is 414 g/mol. The second-order valence-electron chi connectivity index (χ2n) is 6.64. The second-order valence-corrected chi connectivity index (χ2v) is 7.53. The fourth-order valence-electron chi connectivity index (χ4n) is 3.10. The van der Waals surface area contributed by atoms with E-state index in [9.17, 15) is 5.26 Å². The van der Waals surface area contributed by atoms with Gasteiger partial charge in [0, 0.05) is 23.2 Å². The number of hydrogen-bond acceptors (Lipinski definition) is 7. The third-order valence-electron chi connectivity index (χ3n) is 4.49. The zero-order valence-corrected chi connectivity index (χ0v) is 17.2. The number of hydrogen-bond donors (Lipinski definition) is 1. The molecular weight excluding hydrogens is 394 g/mol. The van der Waals surface area contributed by atoms with Gasteiger partial charge in [0.05, 0.1) is 11.6 Å². The van der Waals surface area contributed by atoms with Crippen molar-refractivity contribution in [2.45, 2.75) is 13.3 Å². The first-order valence-corrected chi connectivity index (χ1v) is 10.3. The van der Waals surface area contributed by atoms with Crippen molar-refractivity contribution < 1.29 is 4.74 Å². The third kappa shape index (κ3) is 4.35. The number of benzene rings is 2. The maximum absolute atomic E-state index is 9.35. The van der Waals surface area contributed by atoms with Gasteiger partial charge in [0.2, 0.25) is 5.88 Å². The van der Waals surface area contributed by atoms with Crippen molar-refractivity contribution in [1.82, 2.24) is 15.0 Å². The Labute approximate surface area is 178 Å². The molecule has 0 saturated heterocycles. The zero-order valence-electron chi connectivity index (χ0n) is 16.4. The molecule has 0 bridgehead atoms. The molecule has 0 radical (unpaired) electrons. The van der Waals surface area contributed by atoms with E-state index in [0.29, 0.717) is 35.3 Å². The van der Waals surface area contributed by atoms with Crippen LogP contribution in [0.25, 0.3) is 21.8 Å². The van der Waals surface area contributed by atoms with E-state index < -0.39 is 0 Å². The predicted molar refractivity (Wildman–Crippen MR) is 117 cm³/mol. The monoisotopic (exact) mass is 413 g/mol. The maximum atomic E-state index is 9.35. The van der Waals surface area contributed by atoms with E-state index in [0.717, 1.165) is 22.6 Å². The molecule has 0 saturated carbocycles. The van der Waals surface area contributed by atoms with Crippen LogP contribution in [0, 0.1) is 18.3 Å². The molecule has 0 aliphatic rings. The van der Waals surface area contributed by atoms with E-state index in [2.05, 4.69) is 33.2 Å². The number of nitrogens with zero attached hydrogens (tertiary/aromatic N) is 4. The first-order valence-electron chi connectivity index (χ1n) is 9.43. The molecule has 0 amide bonds. The van der Waals surface area contributed by atoms with Gasteiger partial charge in [-0.05, 0) is 49.2 Å². The van der Waals surface area contributed by atoms with Gasteiger partial charge in [-0.1, -0.05) is 24.3 Å². The predicted octanol–water partition coefficient (Wildman–Crippen LogP) is 4.74. The zero-order chi connectivity index (χ0) is 20.9. The minimum absolute atomic E-state index is 0.406. The summed E-state index contributed by atoms with van der Waals surface area (Å²) >= 11 is 1.50. The molecule has 4 aromatic rings. The molecule has 0 aliphatic carbocycles. The largest absolute Gasteiger partial charge is 0.438 e. The Balaban J connectivity index is 1.73. The molecule has 0 aliphatic heterocycles. The van der Waals surface area contributed by atoms with Crippen molar-refractivity contribution in [1.29, 1.82) is 5.26 Å². The van der Waals surface area contributed by atoms with Crippen LogP contribution in [0.4, 0.5) is 0 Å². The van der Waals surface area contributed by atoms with E-state index in [4.69, 9.17) is 10.5 Å². The van der Waals surface area contributed by atoms with Gasteiger partial charge in [-0.15, -0.1) is 11.3 Å². The summed E-state index contributed by atoms with van der Waals surface area (Å²) < 4.78 is 6.16. The van der Waals surface area contributed by atoms with E-state index >= 15 is 0 Å². The Morgan fingerprint density at radius 3 is 2.63 bits per heavy atom. The van der Waals surface area contributed by atoms with Crippen LogP contribution in [0.5, 0.6) is 11.6 Å². The van der Waals surface area contributed by atoms with Gasteiger partial charge in [-0.3, -0.25) is 0 Å². The summed E-state index contributed by atoms with van der Waals surface area (Å²) in [6.07, 6.45) is 2.57. The molecule has 0 spiro atoms. The number of aromatic nitrogens is 3. The van der Waals surface area contributed by atoms with Gasteiger partial charge in [-0.2, -0.15) is 10.2 Å². The van der Waals surface area contributed by atoms with Crippen LogP contribution in [0.2, 0.25) is 0 Å². The van der Waals surface area contributed by atoms with Crippen molar-refractivity contribution in [2.24, 2.45) is 5.73 Å². The lowest BCUT2D eigenvalue weighted by Crippen LogP contribution is -2.02. The highest BCUT2D eigenvalue weighted by Crippen LogP contribution is 2.35. The number of thiazole rings is 1. The van der Waals surface area contributed by atoms with Gasteiger partial charge in [0.1, 0.15) is 22.3 Å². The summed E-state index contributed by atoms with van der Waals surface area (Å²) in [5, 5.41) is 12.0. The number of nitriles is 1. The molecule has 0 atom stereocenters. The Hall–Kier alpha value is -3.60. The summed E-state index contributed by atoms with van der Waals surface area (Å²) in [4.78, 5) is 13.2. The highest BCUT2D eigenvalue weighted by atomic mass is 32.1. The summed E-state index contributed by atoms with van der Waals surface area (Å²) in [5.41, 5.74) is 9.90. The smallest absolute Gasteiger partial charge is 0.223 e. The number of nitrogens with two attached hydrogens (primary N) is 1. The quantitative estimate of drug-likeness (QED) is 0.490. The molecule has 6 nitrogen and oxygen atoms in total. The van der Waals surface area contributed by atoms with Crippen molar-refractivity contribution >= 4 is 11.3 Å². The molecule has 0 fully saturated rings. The van der Waals surface area contributed by atoms with Crippen LogP contribution in [-0.2, 0) is 6.42 Å². The Morgan fingerprint density at radius 1 is 1.10 bits per heavy atom. The fourth-order valence-corrected chi connectivity index (χ4v) is 3.69. The number of aryl methyl sites for hydroxylation is 1. The average Bonchev–Trinajstić information content (AvgIpc) is 3.29. The molecule has 2 aromatic heterocycles. The molecule has 2 aromatic carbocycles. The van der Waals surface area contributed by atoms with Crippen molar-refractivity contribution in [3.8, 4) is 39.5 Å². The summed E-state index contributed by atoms with van der Waals surface area (Å²) in [7, 11) is 0. The van der Waals surface area contributed by atoms with Gasteiger partial charge >= 0.3 is 0 Å². The van der Waals surface area contributed by atoms with Crippen LogP contribution < -0.4 is 10.5 Å². The first kappa shape index (κ1) is 19.7. The van der Waals surface area contributed by atoms with Crippen LogP contribution in [-0.4, -0.2) is 21.5 Å². The van der Waals surface area contributed by atoms with E-state index in [1.165, 1.54) is 16.9 Å². The minimum atomic E-state index is 0.406. The van der Waals surface area contributed by atoms with Crippen molar-refractivity contribution in [3.63, 3.8) is 0 Å². The Bertz CT molecular complexity index is 1200. The maximum Gasteiger partial charge on any atom is 0.223 e. The van der Waals surface area contributed by atoms with Gasteiger partial charge in [0.25, 0.3) is 0 Å². The normalized spacial score (nSPS) is 10.6. The van der Waals surface area contributed by atoms with Crippen LogP contribution in [0.15, 0.2) is 60.1 Å². The SMILES string of the molecule is Cc1nc(Oc2cc(C#N)ccc2-c2ccc(CCN)cc2)cc(-c2nccs2)n1.